The summed E-state index contributed by atoms with van der Waals surface area (Å²) in [5.41, 5.74) is 5.79. The predicted molar refractivity (Wildman–Crippen MR) is 74.9 cm³/mol. The molecule has 0 aromatic heterocycles. The molecule has 1 amide bonds. The van der Waals surface area contributed by atoms with Crippen molar-refractivity contribution in [3.05, 3.63) is 35.4 Å². The van der Waals surface area contributed by atoms with Crippen molar-refractivity contribution < 1.29 is 13.6 Å². The van der Waals surface area contributed by atoms with Crippen LogP contribution in [0.3, 0.4) is 0 Å². The highest BCUT2D eigenvalue weighted by Crippen LogP contribution is 2.25. The Morgan fingerprint density at radius 1 is 1.30 bits per heavy atom. The first kappa shape index (κ1) is 16.6. The number of nitrogens with zero attached hydrogens (tertiary/aromatic N) is 1. The minimum Gasteiger partial charge on any atom is -0.339 e. The molecule has 5 heteroatoms. The molecular formula is C15H22F2N2O. The third kappa shape index (κ3) is 3.54. The van der Waals surface area contributed by atoms with Crippen molar-refractivity contribution in [2.75, 3.05) is 13.6 Å². The lowest BCUT2D eigenvalue weighted by Crippen LogP contribution is -2.40. The molecule has 0 heterocycles. The molecule has 20 heavy (non-hydrogen) atoms. The third-order valence-electron chi connectivity index (χ3n) is 3.71. The molecule has 0 aliphatic heterocycles. The molecule has 0 bridgehead atoms. The van der Waals surface area contributed by atoms with Crippen LogP contribution in [0.1, 0.15) is 32.4 Å². The molecular weight excluding hydrogens is 262 g/mol. The number of amides is 1. The van der Waals surface area contributed by atoms with Gasteiger partial charge in [0.2, 0.25) is 5.91 Å². The highest BCUT2D eigenvalue weighted by Gasteiger charge is 2.28. The van der Waals surface area contributed by atoms with Crippen LogP contribution in [0.5, 0.6) is 0 Å². The Balaban J connectivity index is 2.98. The molecule has 0 radical (unpaired) electrons. The molecule has 2 N–H and O–H groups in total. The number of rotatable bonds is 5. The van der Waals surface area contributed by atoms with Gasteiger partial charge in [0.15, 0.2) is 0 Å². The van der Waals surface area contributed by atoms with Gasteiger partial charge >= 0.3 is 0 Å². The van der Waals surface area contributed by atoms with E-state index in [1.807, 2.05) is 13.8 Å². The minimum absolute atomic E-state index is 0.0968. The van der Waals surface area contributed by atoms with E-state index in [9.17, 15) is 13.6 Å². The van der Waals surface area contributed by atoms with Crippen LogP contribution in [0.4, 0.5) is 8.78 Å². The summed E-state index contributed by atoms with van der Waals surface area (Å²) in [4.78, 5) is 13.8. The van der Waals surface area contributed by atoms with E-state index >= 15 is 0 Å². The van der Waals surface area contributed by atoms with Crippen LogP contribution in [-0.2, 0) is 4.79 Å². The number of carbonyl (C=O) groups excluding carboxylic acids is 1. The molecule has 0 spiro atoms. The van der Waals surface area contributed by atoms with E-state index in [1.165, 1.54) is 4.90 Å². The summed E-state index contributed by atoms with van der Waals surface area (Å²) in [7, 11) is 1.59. The second-order valence-electron chi connectivity index (χ2n) is 5.38. The summed E-state index contributed by atoms with van der Waals surface area (Å²) in [6.07, 6.45) is 0. The van der Waals surface area contributed by atoms with Crippen LogP contribution < -0.4 is 5.73 Å². The second kappa shape index (κ2) is 6.79. The Morgan fingerprint density at radius 2 is 1.90 bits per heavy atom. The number of benzene rings is 1. The SMILES string of the molecule is CC(C)C(CN)C(=O)N(C)C(C)c1cc(F)ccc1F. The summed E-state index contributed by atoms with van der Waals surface area (Å²) >= 11 is 0. The molecule has 112 valence electrons. The zero-order chi connectivity index (χ0) is 15.4. The van der Waals surface area contributed by atoms with Gasteiger partial charge in [-0.2, -0.15) is 0 Å². The van der Waals surface area contributed by atoms with Gasteiger partial charge in [0.1, 0.15) is 11.6 Å². The lowest BCUT2D eigenvalue weighted by Gasteiger charge is -2.30. The van der Waals surface area contributed by atoms with Crippen molar-refractivity contribution in [2.24, 2.45) is 17.6 Å². The topological polar surface area (TPSA) is 46.3 Å². The van der Waals surface area contributed by atoms with Gasteiger partial charge in [-0.15, -0.1) is 0 Å². The molecule has 2 atom stereocenters. The summed E-state index contributed by atoms with van der Waals surface area (Å²) in [6.45, 7) is 5.73. The maximum absolute atomic E-state index is 13.8. The molecule has 0 fully saturated rings. The highest BCUT2D eigenvalue weighted by atomic mass is 19.1. The van der Waals surface area contributed by atoms with E-state index in [0.717, 1.165) is 18.2 Å². The van der Waals surface area contributed by atoms with Crippen LogP contribution in [0.15, 0.2) is 18.2 Å². The summed E-state index contributed by atoms with van der Waals surface area (Å²) in [6, 6.07) is 2.70. The highest BCUT2D eigenvalue weighted by molar-refractivity contribution is 5.79. The Labute approximate surface area is 118 Å². The fraction of sp³-hybridized carbons (Fsp3) is 0.533. The zero-order valence-corrected chi connectivity index (χ0v) is 12.4. The van der Waals surface area contributed by atoms with Crippen LogP contribution in [-0.4, -0.2) is 24.4 Å². The fourth-order valence-electron chi connectivity index (χ4n) is 2.15. The number of hydrogen-bond donors (Lipinski definition) is 1. The Kier molecular flexibility index (Phi) is 5.62. The fourth-order valence-corrected chi connectivity index (χ4v) is 2.15. The van der Waals surface area contributed by atoms with Gasteiger partial charge in [0.25, 0.3) is 0 Å². The van der Waals surface area contributed by atoms with Crippen molar-refractivity contribution in [2.45, 2.75) is 26.8 Å². The first-order valence-corrected chi connectivity index (χ1v) is 6.71. The molecule has 3 nitrogen and oxygen atoms in total. The number of hydrogen-bond acceptors (Lipinski definition) is 2. The maximum Gasteiger partial charge on any atom is 0.227 e. The summed E-state index contributed by atoms with van der Waals surface area (Å²) < 4.78 is 27.0. The first-order valence-electron chi connectivity index (χ1n) is 6.71. The smallest absolute Gasteiger partial charge is 0.227 e. The Bertz CT molecular complexity index is 477. The lowest BCUT2D eigenvalue weighted by molar-refractivity contribution is -0.137. The normalized spacial score (nSPS) is 14.2. The van der Waals surface area contributed by atoms with E-state index < -0.39 is 17.7 Å². The quantitative estimate of drug-likeness (QED) is 0.903. The third-order valence-corrected chi connectivity index (χ3v) is 3.71. The van der Waals surface area contributed by atoms with Crippen LogP contribution in [0, 0.1) is 23.5 Å². The van der Waals surface area contributed by atoms with Crippen molar-refractivity contribution in [1.82, 2.24) is 4.90 Å². The number of nitrogens with two attached hydrogens (primary N) is 1. The van der Waals surface area contributed by atoms with Crippen LogP contribution in [0.2, 0.25) is 0 Å². The summed E-state index contributed by atoms with van der Waals surface area (Å²) in [5, 5.41) is 0. The van der Waals surface area contributed by atoms with Crippen LogP contribution >= 0.6 is 0 Å². The molecule has 0 aliphatic rings. The van der Waals surface area contributed by atoms with Crippen molar-refractivity contribution in [1.29, 1.82) is 0 Å². The monoisotopic (exact) mass is 284 g/mol. The predicted octanol–water partition coefficient (Wildman–Crippen LogP) is 2.72. The number of halogens is 2. The molecule has 1 aromatic rings. The second-order valence-corrected chi connectivity index (χ2v) is 5.38. The van der Waals surface area contributed by atoms with Gasteiger partial charge in [0, 0.05) is 19.2 Å². The standard InChI is InChI=1S/C15H22F2N2O/c1-9(2)13(8-18)15(20)19(4)10(3)12-7-11(16)5-6-14(12)17/h5-7,9-10,13H,8,18H2,1-4H3. The van der Waals surface area contributed by atoms with Gasteiger partial charge in [-0.3, -0.25) is 4.79 Å². The van der Waals surface area contributed by atoms with E-state index in [4.69, 9.17) is 5.73 Å². The largest absolute Gasteiger partial charge is 0.339 e. The van der Waals surface area contributed by atoms with E-state index in [0.29, 0.717) is 0 Å². The van der Waals surface area contributed by atoms with Crippen molar-refractivity contribution in [3.63, 3.8) is 0 Å². The average Bonchev–Trinajstić information content (AvgIpc) is 2.40. The molecule has 1 aromatic carbocycles. The maximum atomic E-state index is 13.8. The van der Waals surface area contributed by atoms with Gasteiger partial charge in [-0.1, -0.05) is 13.8 Å². The van der Waals surface area contributed by atoms with Gasteiger partial charge in [-0.25, -0.2) is 8.78 Å². The lowest BCUT2D eigenvalue weighted by atomic mass is 9.93. The van der Waals surface area contributed by atoms with E-state index in [-0.39, 0.29) is 29.9 Å². The molecule has 2 unspecified atom stereocenters. The molecule has 0 saturated carbocycles. The van der Waals surface area contributed by atoms with Crippen LogP contribution in [0.25, 0.3) is 0 Å². The average molecular weight is 284 g/mol. The zero-order valence-electron chi connectivity index (χ0n) is 12.4. The summed E-state index contributed by atoms with van der Waals surface area (Å²) in [5.74, 6) is -1.42. The molecule has 0 aliphatic carbocycles. The molecule has 0 saturated heterocycles. The van der Waals surface area contributed by atoms with Crippen molar-refractivity contribution in [3.8, 4) is 0 Å². The minimum atomic E-state index is -0.550. The number of carbonyl (C=O) groups is 1. The first-order chi connectivity index (χ1) is 9.29. The van der Waals surface area contributed by atoms with Gasteiger partial charge in [-0.05, 0) is 31.0 Å². The van der Waals surface area contributed by atoms with Gasteiger partial charge < -0.3 is 10.6 Å². The van der Waals surface area contributed by atoms with E-state index in [1.54, 1.807) is 14.0 Å². The van der Waals surface area contributed by atoms with Crippen molar-refractivity contribution >= 4 is 5.91 Å². The Morgan fingerprint density at radius 3 is 2.40 bits per heavy atom. The van der Waals surface area contributed by atoms with E-state index in [2.05, 4.69) is 0 Å². The Hall–Kier alpha value is -1.49. The molecule has 1 rings (SSSR count). The van der Waals surface area contributed by atoms with Gasteiger partial charge in [0.05, 0.1) is 12.0 Å².